The fraction of sp³-hybridized carbons (Fsp3) is 0.250. The Morgan fingerprint density at radius 1 is 1.47 bits per heavy atom. The van der Waals surface area contributed by atoms with Gasteiger partial charge in [-0.3, -0.25) is 0 Å². The van der Waals surface area contributed by atoms with Gasteiger partial charge in [-0.05, 0) is 12.1 Å². The van der Waals surface area contributed by atoms with Crippen LogP contribution < -0.4 is 10.5 Å². The first kappa shape index (κ1) is 11.6. The number of imidazole rings is 1. The molecule has 5 heteroatoms. The van der Waals surface area contributed by atoms with Gasteiger partial charge in [0.15, 0.2) is 0 Å². The molecule has 2 N–H and O–H groups in total. The number of aryl methyl sites for hydroxylation is 1. The highest BCUT2D eigenvalue weighted by Crippen LogP contribution is 2.21. The number of rotatable bonds is 4. The zero-order chi connectivity index (χ0) is 12.3. The average Bonchev–Trinajstić information content (AvgIpc) is 2.72. The highest BCUT2D eigenvalue weighted by molar-refractivity contribution is 5.34. The Hall–Kier alpha value is -1.88. The molecule has 0 aliphatic rings. The van der Waals surface area contributed by atoms with Crippen LogP contribution in [-0.4, -0.2) is 9.55 Å². The Balaban J connectivity index is 2.14. The van der Waals surface area contributed by atoms with E-state index in [2.05, 4.69) is 4.98 Å². The standard InChI is InChI=1S/C12H14FN3O/c1-16-6-5-15-12(16)8-17-11-4-2-3-10(13)9(11)7-14/h2-6H,7-8,14H2,1H3. The molecule has 0 unspecified atom stereocenters. The summed E-state index contributed by atoms with van der Waals surface area (Å²) in [5, 5.41) is 0. The van der Waals surface area contributed by atoms with Crippen LogP contribution in [0.15, 0.2) is 30.6 Å². The van der Waals surface area contributed by atoms with Crippen molar-refractivity contribution in [1.29, 1.82) is 0 Å². The second-order valence-corrected chi connectivity index (χ2v) is 3.66. The summed E-state index contributed by atoms with van der Waals surface area (Å²) in [6.45, 7) is 0.405. The van der Waals surface area contributed by atoms with Crippen LogP contribution in [0, 0.1) is 5.82 Å². The normalized spacial score (nSPS) is 10.5. The number of ether oxygens (including phenoxy) is 1. The minimum Gasteiger partial charge on any atom is -0.485 e. The lowest BCUT2D eigenvalue weighted by Gasteiger charge is -2.10. The Labute approximate surface area is 98.8 Å². The fourth-order valence-electron chi connectivity index (χ4n) is 1.55. The number of hydrogen-bond acceptors (Lipinski definition) is 3. The smallest absolute Gasteiger partial charge is 0.146 e. The van der Waals surface area contributed by atoms with Crippen molar-refractivity contribution in [3.05, 3.63) is 47.8 Å². The van der Waals surface area contributed by atoms with Crippen LogP contribution in [0.3, 0.4) is 0 Å². The highest BCUT2D eigenvalue weighted by Gasteiger charge is 2.08. The van der Waals surface area contributed by atoms with E-state index in [9.17, 15) is 4.39 Å². The Morgan fingerprint density at radius 2 is 2.29 bits per heavy atom. The molecule has 0 saturated heterocycles. The monoisotopic (exact) mass is 235 g/mol. The number of nitrogens with two attached hydrogens (primary N) is 1. The van der Waals surface area contributed by atoms with Gasteiger partial charge in [0.25, 0.3) is 0 Å². The lowest BCUT2D eigenvalue weighted by atomic mass is 10.2. The van der Waals surface area contributed by atoms with Gasteiger partial charge < -0.3 is 15.0 Å². The van der Waals surface area contributed by atoms with Crippen LogP contribution in [0.2, 0.25) is 0 Å². The third-order valence-corrected chi connectivity index (χ3v) is 2.56. The zero-order valence-corrected chi connectivity index (χ0v) is 9.56. The van der Waals surface area contributed by atoms with E-state index < -0.39 is 0 Å². The van der Waals surface area contributed by atoms with E-state index in [4.69, 9.17) is 10.5 Å². The number of aromatic nitrogens is 2. The predicted molar refractivity (Wildman–Crippen MR) is 61.8 cm³/mol. The van der Waals surface area contributed by atoms with Crippen molar-refractivity contribution in [3.8, 4) is 5.75 Å². The van der Waals surface area contributed by atoms with Gasteiger partial charge in [-0.15, -0.1) is 0 Å². The SMILES string of the molecule is Cn1ccnc1COc1cccc(F)c1CN. The first-order valence-corrected chi connectivity index (χ1v) is 5.29. The summed E-state index contributed by atoms with van der Waals surface area (Å²) in [5.74, 6) is 0.901. The van der Waals surface area contributed by atoms with Crippen molar-refractivity contribution in [2.75, 3.05) is 0 Å². The molecule has 1 aromatic carbocycles. The van der Waals surface area contributed by atoms with E-state index in [1.165, 1.54) is 6.07 Å². The second-order valence-electron chi connectivity index (χ2n) is 3.66. The molecule has 0 saturated carbocycles. The molecule has 0 bridgehead atoms. The molecule has 0 spiro atoms. The Kier molecular flexibility index (Phi) is 3.39. The van der Waals surface area contributed by atoms with Crippen molar-refractivity contribution < 1.29 is 9.13 Å². The van der Waals surface area contributed by atoms with Crippen molar-refractivity contribution in [1.82, 2.24) is 9.55 Å². The number of nitrogens with zero attached hydrogens (tertiary/aromatic N) is 2. The summed E-state index contributed by atoms with van der Waals surface area (Å²) in [5.41, 5.74) is 5.88. The Bertz CT molecular complexity index is 510. The van der Waals surface area contributed by atoms with E-state index in [0.717, 1.165) is 5.82 Å². The van der Waals surface area contributed by atoms with E-state index in [1.807, 2.05) is 17.8 Å². The summed E-state index contributed by atoms with van der Waals surface area (Å²) in [7, 11) is 1.88. The molecular formula is C12H14FN3O. The Morgan fingerprint density at radius 3 is 2.94 bits per heavy atom. The van der Waals surface area contributed by atoms with Crippen LogP contribution in [-0.2, 0) is 20.2 Å². The molecular weight excluding hydrogens is 221 g/mol. The van der Waals surface area contributed by atoms with Crippen LogP contribution in [0.25, 0.3) is 0 Å². The lowest BCUT2D eigenvalue weighted by Crippen LogP contribution is -2.07. The van der Waals surface area contributed by atoms with Crippen LogP contribution in [0.1, 0.15) is 11.4 Å². The quantitative estimate of drug-likeness (QED) is 0.875. The number of hydrogen-bond donors (Lipinski definition) is 1. The number of benzene rings is 1. The fourth-order valence-corrected chi connectivity index (χ4v) is 1.55. The van der Waals surface area contributed by atoms with Crippen LogP contribution >= 0.6 is 0 Å². The van der Waals surface area contributed by atoms with E-state index in [-0.39, 0.29) is 12.4 Å². The molecule has 2 aromatic rings. The maximum atomic E-state index is 13.4. The molecule has 0 amide bonds. The largest absolute Gasteiger partial charge is 0.485 e. The molecule has 1 aromatic heterocycles. The maximum Gasteiger partial charge on any atom is 0.146 e. The van der Waals surface area contributed by atoms with E-state index in [1.54, 1.807) is 18.3 Å². The van der Waals surface area contributed by atoms with Crippen molar-refractivity contribution >= 4 is 0 Å². The van der Waals surface area contributed by atoms with Gasteiger partial charge in [0.1, 0.15) is 24.0 Å². The summed E-state index contributed by atoms with van der Waals surface area (Å²) in [6.07, 6.45) is 3.52. The molecule has 0 aliphatic heterocycles. The van der Waals surface area contributed by atoms with Gasteiger partial charge in [0.05, 0.1) is 0 Å². The van der Waals surface area contributed by atoms with Gasteiger partial charge in [-0.1, -0.05) is 6.07 Å². The predicted octanol–water partition coefficient (Wildman–Crippen LogP) is 1.60. The van der Waals surface area contributed by atoms with Gasteiger partial charge in [0, 0.05) is 31.5 Å². The number of halogens is 1. The topological polar surface area (TPSA) is 53.1 Å². The molecule has 17 heavy (non-hydrogen) atoms. The van der Waals surface area contributed by atoms with Crippen molar-refractivity contribution in [3.63, 3.8) is 0 Å². The summed E-state index contributed by atoms with van der Waals surface area (Å²) < 4.78 is 20.8. The van der Waals surface area contributed by atoms with Crippen LogP contribution in [0.5, 0.6) is 5.75 Å². The molecule has 4 nitrogen and oxygen atoms in total. The summed E-state index contributed by atoms with van der Waals surface area (Å²) in [4.78, 5) is 4.12. The van der Waals surface area contributed by atoms with Crippen molar-refractivity contribution in [2.24, 2.45) is 12.8 Å². The minimum absolute atomic E-state index is 0.114. The molecule has 90 valence electrons. The first-order chi connectivity index (χ1) is 8.22. The molecule has 1 heterocycles. The average molecular weight is 235 g/mol. The third kappa shape index (κ3) is 2.45. The van der Waals surface area contributed by atoms with Gasteiger partial charge in [0.2, 0.25) is 0 Å². The second kappa shape index (κ2) is 4.97. The van der Waals surface area contributed by atoms with Crippen LogP contribution in [0.4, 0.5) is 4.39 Å². The molecule has 0 radical (unpaired) electrons. The van der Waals surface area contributed by atoms with Gasteiger partial charge >= 0.3 is 0 Å². The van der Waals surface area contributed by atoms with Gasteiger partial charge in [-0.25, -0.2) is 9.37 Å². The van der Waals surface area contributed by atoms with Gasteiger partial charge in [-0.2, -0.15) is 0 Å². The van der Waals surface area contributed by atoms with E-state index in [0.29, 0.717) is 17.9 Å². The lowest BCUT2D eigenvalue weighted by molar-refractivity contribution is 0.287. The van der Waals surface area contributed by atoms with E-state index >= 15 is 0 Å². The zero-order valence-electron chi connectivity index (χ0n) is 9.56. The minimum atomic E-state index is -0.343. The molecule has 0 aliphatic carbocycles. The molecule has 0 fully saturated rings. The molecule has 2 rings (SSSR count). The summed E-state index contributed by atoms with van der Waals surface area (Å²) >= 11 is 0. The molecule has 0 atom stereocenters. The third-order valence-electron chi connectivity index (χ3n) is 2.56. The first-order valence-electron chi connectivity index (χ1n) is 5.29. The summed E-state index contributed by atoms with van der Waals surface area (Å²) in [6, 6.07) is 4.67. The highest BCUT2D eigenvalue weighted by atomic mass is 19.1. The van der Waals surface area contributed by atoms with Crippen molar-refractivity contribution in [2.45, 2.75) is 13.2 Å². The maximum absolute atomic E-state index is 13.4.